The number of nitrogens with zero attached hydrogens (tertiary/aromatic N) is 1. The quantitative estimate of drug-likeness (QED) is 0.441. The van der Waals surface area contributed by atoms with Gasteiger partial charge in [0.05, 0.1) is 38.5 Å². The van der Waals surface area contributed by atoms with E-state index in [1.807, 2.05) is 13.8 Å². The molecule has 0 aliphatic heterocycles. The Morgan fingerprint density at radius 3 is 2.14 bits per heavy atom. The van der Waals surface area contributed by atoms with Crippen LogP contribution in [-0.4, -0.2) is 42.1 Å². The number of hydrogen-bond acceptors (Lipinski definition) is 7. The molecule has 29 heavy (non-hydrogen) atoms. The van der Waals surface area contributed by atoms with E-state index >= 15 is 0 Å². The van der Waals surface area contributed by atoms with Crippen molar-refractivity contribution in [2.24, 2.45) is 5.10 Å². The largest absolute Gasteiger partial charge is 0.494 e. The fraction of sp³-hybridized carbons (Fsp3) is 0.350. The standard InChI is InChI=1S/C20H26N2O6S/c1-5-11-28-20-18(25-3)12-15(13-19(20)26-4)14-21-22-29(23,24)17-9-7-16(8-10-17)27-6-2/h7-10,12-14,22H,5-6,11H2,1-4H3/b21-14+. The second kappa shape index (κ2) is 10.6. The van der Waals surface area contributed by atoms with Crippen LogP contribution in [0, 0.1) is 0 Å². The lowest BCUT2D eigenvalue weighted by molar-refractivity contribution is 0.275. The van der Waals surface area contributed by atoms with Crippen molar-refractivity contribution in [2.45, 2.75) is 25.2 Å². The summed E-state index contributed by atoms with van der Waals surface area (Å²) in [5.74, 6) is 2.02. The third-order valence-electron chi connectivity index (χ3n) is 3.76. The Kier molecular flexibility index (Phi) is 8.14. The molecule has 0 radical (unpaired) electrons. The molecule has 0 unspecified atom stereocenters. The van der Waals surface area contributed by atoms with E-state index in [1.165, 1.54) is 32.6 Å². The minimum absolute atomic E-state index is 0.0802. The number of methoxy groups -OCH3 is 2. The van der Waals surface area contributed by atoms with Crippen molar-refractivity contribution in [3.8, 4) is 23.0 Å². The average Bonchev–Trinajstić information content (AvgIpc) is 2.72. The molecule has 0 amide bonds. The lowest BCUT2D eigenvalue weighted by atomic mass is 10.2. The van der Waals surface area contributed by atoms with Crippen LogP contribution < -0.4 is 23.8 Å². The molecule has 2 aromatic carbocycles. The molecule has 2 rings (SSSR count). The first-order valence-electron chi connectivity index (χ1n) is 9.11. The van der Waals surface area contributed by atoms with Gasteiger partial charge >= 0.3 is 0 Å². The van der Waals surface area contributed by atoms with E-state index in [0.29, 0.717) is 41.8 Å². The highest BCUT2D eigenvalue weighted by Gasteiger charge is 2.15. The summed E-state index contributed by atoms with van der Waals surface area (Å²) in [5.41, 5.74) is 0.581. The van der Waals surface area contributed by atoms with Crippen molar-refractivity contribution in [1.82, 2.24) is 4.83 Å². The summed E-state index contributed by atoms with van der Waals surface area (Å²) in [4.78, 5) is 2.27. The Hall–Kier alpha value is -2.94. The molecule has 1 N–H and O–H groups in total. The maximum Gasteiger partial charge on any atom is 0.276 e. The van der Waals surface area contributed by atoms with Gasteiger partial charge < -0.3 is 18.9 Å². The molecule has 0 saturated heterocycles. The van der Waals surface area contributed by atoms with Gasteiger partial charge in [-0.25, -0.2) is 4.83 Å². The number of benzene rings is 2. The van der Waals surface area contributed by atoms with E-state index in [0.717, 1.165) is 6.42 Å². The monoisotopic (exact) mass is 422 g/mol. The van der Waals surface area contributed by atoms with Gasteiger partial charge in [-0.1, -0.05) is 6.92 Å². The van der Waals surface area contributed by atoms with Gasteiger partial charge in [0.25, 0.3) is 10.0 Å². The van der Waals surface area contributed by atoms with Gasteiger partial charge in [0.1, 0.15) is 5.75 Å². The fourth-order valence-corrected chi connectivity index (χ4v) is 3.22. The molecule has 2 aromatic rings. The van der Waals surface area contributed by atoms with Crippen LogP contribution in [0.5, 0.6) is 23.0 Å². The van der Waals surface area contributed by atoms with Crippen LogP contribution in [0.4, 0.5) is 0 Å². The zero-order chi connectivity index (χ0) is 21.3. The molecular weight excluding hydrogens is 396 g/mol. The molecule has 0 fully saturated rings. The first-order chi connectivity index (χ1) is 13.9. The number of hydrazone groups is 1. The summed E-state index contributed by atoms with van der Waals surface area (Å²) in [6.45, 7) is 4.87. The highest BCUT2D eigenvalue weighted by atomic mass is 32.2. The molecule has 8 nitrogen and oxygen atoms in total. The van der Waals surface area contributed by atoms with Crippen LogP contribution in [0.1, 0.15) is 25.8 Å². The van der Waals surface area contributed by atoms with Gasteiger partial charge in [0.15, 0.2) is 11.5 Å². The minimum Gasteiger partial charge on any atom is -0.494 e. The van der Waals surface area contributed by atoms with E-state index in [1.54, 1.807) is 24.3 Å². The van der Waals surface area contributed by atoms with Crippen molar-refractivity contribution >= 4 is 16.2 Å². The first-order valence-corrected chi connectivity index (χ1v) is 10.6. The van der Waals surface area contributed by atoms with Crippen molar-refractivity contribution in [3.63, 3.8) is 0 Å². The number of hydrogen-bond donors (Lipinski definition) is 1. The summed E-state index contributed by atoms with van der Waals surface area (Å²) < 4.78 is 46.5. The van der Waals surface area contributed by atoms with Gasteiger partial charge in [-0.2, -0.15) is 13.5 Å². The van der Waals surface area contributed by atoms with E-state index in [2.05, 4.69) is 9.93 Å². The molecule has 0 spiro atoms. The van der Waals surface area contributed by atoms with Crippen molar-refractivity contribution in [1.29, 1.82) is 0 Å². The molecule has 0 atom stereocenters. The number of nitrogens with one attached hydrogen (secondary N) is 1. The lowest BCUT2D eigenvalue weighted by Crippen LogP contribution is -2.18. The zero-order valence-corrected chi connectivity index (χ0v) is 17.8. The Labute approximate surface area is 171 Å². The van der Waals surface area contributed by atoms with Crippen LogP contribution in [0.3, 0.4) is 0 Å². The van der Waals surface area contributed by atoms with Gasteiger partial charge in [0.2, 0.25) is 5.75 Å². The zero-order valence-electron chi connectivity index (χ0n) is 17.0. The van der Waals surface area contributed by atoms with E-state index in [-0.39, 0.29) is 4.90 Å². The van der Waals surface area contributed by atoms with Crippen molar-refractivity contribution in [3.05, 3.63) is 42.0 Å². The molecule has 0 aliphatic carbocycles. The van der Waals surface area contributed by atoms with Gasteiger partial charge in [0, 0.05) is 5.56 Å². The predicted molar refractivity (Wildman–Crippen MR) is 111 cm³/mol. The van der Waals surface area contributed by atoms with Crippen LogP contribution in [0.15, 0.2) is 46.4 Å². The summed E-state index contributed by atoms with van der Waals surface area (Å²) in [5, 5.41) is 3.84. The van der Waals surface area contributed by atoms with Crippen LogP contribution in [-0.2, 0) is 10.0 Å². The second-order valence-electron chi connectivity index (χ2n) is 5.86. The van der Waals surface area contributed by atoms with Crippen LogP contribution in [0.25, 0.3) is 0 Å². The summed E-state index contributed by atoms with van der Waals surface area (Å²) in [7, 11) is -0.770. The van der Waals surface area contributed by atoms with E-state index in [4.69, 9.17) is 18.9 Å². The third kappa shape index (κ3) is 6.02. The number of ether oxygens (including phenoxy) is 4. The maximum absolute atomic E-state index is 12.4. The number of sulfonamides is 1. The van der Waals surface area contributed by atoms with Gasteiger partial charge in [-0.05, 0) is 49.7 Å². The smallest absolute Gasteiger partial charge is 0.276 e. The molecule has 0 saturated carbocycles. The fourth-order valence-electron chi connectivity index (χ4n) is 2.43. The maximum atomic E-state index is 12.4. The SMILES string of the molecule is CCCOc1c(OC)cc(/C=N/NS(=O)(=O)c2ccc(OCC)cc2)cc1OC. The predicted octanol–water partition coefficient (Wildman–Crippen LogP) is 3.20. The van der Waals surface area contributed by atoms with E-state index in [9.17, 15) is 8.42 Å². The Bertz CT molecular complexity index is 901. The summed E-state index contributed by atoms with van der Waals surface area (Å²) in [6, 6.07) is 9.45. The Morgan fingerprint density at radius 2 is 1.62 bits per heavy atom. The third-order valence-corrected chi connectivity index (χ3v) is 5.00. The molecule has 0 aliphatic rings. The Balaban J connectivity index is 2.18. The van der Waals surface area contributed by atoms with Gasteiger partial charge in [-0.3, -0.25) is 0 Å². The summed E-state index contributed by atoms with van der Waals surface area (Å²) >= 11 is 0. The highest BCUT2D eigenvalue weighted by Crippen LogP contribution is 2.38. The van der Waals surface area contributed by atoms with Crippen LogP contribution >= 0.6 is 0 Å². The normalized spacial score (nSPS) is 11.3. The van der Waals surface area contributed by atoms with Crippen molar-refractivity contribution in [2.75, 3.05) is 27.4 Å². The molecule has 0 aromatic heterocycles. The lowest BCUT2D eigenvalue weighted by Gasteiger charge is -2.14. The molecule has 158 valence electrons. The van der Waals surface area contributed by atoms with E-state index < -0.39 is 10.0 Å². The summed E-state index contributed by atoms with van der Waals surface area (Å²) in [6.07, 6.45) is 2.20. The molecular formula is C20H26N2O6S. The first kappa shape index (κ1) is 22.4. The highest BCUT2D eigenvalue weighted by molar-refractivity contribution is 7.89. The molecule has 9 heteroatoms. The van der Waals surface area contributed by atoms with Gasteiger partial charge in [-0.15, -0.1) is 0 Å². The average molecular weight is 423 g/mol. The topological polar surface area (TPSA) is 95.5 Å². The second-order valence-corrected chi connectivity index (χ2v) is 7.52. The Morgan fingerprint density at radius 1 is 1.00 bits per heavy atom. The molecule has 0 bridgehead atoms. The van der Waals surface area contributed by atoms with Crippen LogP contribution in [0.2, 0.25) is 0 Å². The minimum atomic E-state index is -3.80. The van der Waals surface area contributed by atoms with Crippen molar-refractivity contribution < 1.29 is 27.4 Å². The molecule has 0 heterocycles. The number of rotatable bonds is 11.